The van der Waals surface area contributed by atoms with Gasteiger partial charge in [-0.15, -0.1) is 0 Å². The largest absolute Gasteiger partial charge is 0.314 e. The zero-order valence-electron chi connectivity index (χ0n) is 13.5. The van der Waals surface area contributed by atoms with Gasteiger partial charge in [0.05, 0.1) is 5.69 Å². The molecule has 0 spiro atoms. The predicted octanol–water partition coefficient (Wildman–Crippen LogP) is 2.61. The zero-order chi connectivity index (χ0) is 14.9. The number of nitrogens with zero attached hydrogens (tertiary/aromatic N) is 3. The van der Waals surface area contributed by atoms with Gasteiger partial charge in [0.15, 0.2) is 0 Å². The first-order valence-electron chi connectivity index (χ1n) is 8.68. The number of aryl methyl sites for hydroxylation is 1. The van der Waals surface area contributed by atoms with Gasteiger partial charge >= 0.3 is 0 Å². The van der Waals surface area contributed by atoms with Crippen molar-refractivity contribution in [2.75, 3.05) is 19.6 Å². The summed E-state index contributed by atoms with van der Waals surface area (Å²) in [7, 11) is 0. The van der Waals surface area contributed by atoms with E-state index in [-0.39, 0.29) is 0 Å². The Bertz CT molecular complexity index is 634. The fourth-order valence-electron chi connectivity index (χ4n) is 4.09. The quantitative estimate of drug-likeness (QED) is 0.945. The third kappa shape index (κ3) is 2.90. The van der Waals surface area contributed by atoms with E-state index in [4.69, 9.17) is 4.98 Å². The molecule has 118 valence electrons. The molecule has 0 bridgehead atoms. The van der Waals surface area contributed by atoms with Crippen LogP contribution in [0.3, 0.4) is 0 Å². The van der Waals surface area contributed by atoms with Crippen LogP contribution < -0.4 is 5.32 Å². The Hall–Kier alpha value is -1.39. The molecule has 4 heterocycles. The van der Waals surface area contributed by atoms with E-state index < -0.39 is 0 Å². The SMILES string of the molecule is Cc1ccc2nc(CN3CCC(C4CCCN4)CC3)cn2c1. The van der Waals surface area contributed by atoms with Crippen LogP contribution in [0.4, 0.5) is 0 Å². The summed E-state index contributed by atoms with van der Waals surface area (Å²) < 4.78 is 2.15. The smallest absolute Gasteiger partial charge is 0.137 e. The van der Waals surface area contributed by atoms with Gasteiger partial charge < -0.3 is 9.72 Å². The molecular formula is C18H26N4. The summed E-state index contributed by atoms with van der Waals surface area (Å²) >= 11 is 0. The molecule has 4 heteroatoms. The lowest BCUT2D eigenvalue weighted by Gasteiger charge is -2.34. The lowest BCUT2D eigenvalue weighted by Crippen LogP contribution is -2.40. The van der Waals surface area contributed by atoms with Gasteiger partial charge in [-0.1, -0.05) is 6.07 Å². The number of likely N-dealkylation sites (tertiary alicyclic amines) is 1. The normalized spacial score (nSPS) is 24.3. The summed E-state index contributed by atoms with van der Waals surface area (Å²) in [6.45, 7) is 6.78. The minimum absolute atomic E-state index is 0.792. The van der Waals surface area contributed by atoms with Crippen LogP contribution in [-0.4, -0.2) is 40.0 Å². The van der Waals surface area contributed by atoms with Crippen molar-refractivity contribution < 1.29 is 0 Å². The van der Waals surface area contributed by atoms with Crippen molar-refractivity contribution in [1.29, 1.82) is 0 Å². The third-order valence-corrected chi connectivity index (χ3v) is 5.33. The Kier molecular flexibility index (Phi) is 3.89. The van der Waals surface area contributed by atoms with Crippen LogP contribution in [0.15, 0.2) is 24.5 Å². The van der Waals surface area contributed by atoms with E-state index in [1.54, 1.807) is 0 Å². The van der Waals surface area contributed by atoms with Crippen molar-refractivity contribution >= 4 is 5.65 Å². The van der Waals surface area contributed by atoms with Crippen LogP contribution in [-0.2, 0) is 6.54 Å². The number of rotatable bonds is 3. The molecule has 0 aromatic carbocycles. The minimum Gasteiger partial charge on any atom is -0.314 e. The van der Waals surface area contributed by atoms with Gasteiger partial charge in [0.1, 0.15) is 5.65 Å². The molecule has 2 aromatic rings. The van der Waals surface area contributed by atoms with Crippen molar-refractivity contribution in [3.8, 4) is 0 Å². The number of imidazole rings is 1. The lowest BCUT2D eigenvalue weighted by molar-refractivity contribution is 0.156. The molecule has 0 radical (unpaired) electrons. The molecule has 0 amide bonds. The summed E-state index contributed by atoms with van der Waals surface area (Å²) in [5.41, 5.74) is 3.54. The van der Waals surface area contributed by atoms with Crippen molar-refractivity contribution in [1.82, 2.24) is 19.6 Å². The average Bonchev–Trinajstić information content (AvgIpc) is 3.16. The maximum absolute atomic E-state index is 4.75. The second kappa shape index (κ2) is 6.01. The second-order valence-corrected chi connectivity index (χ2v) is 7.02. The van der Waals surface area contributed by atoms with Gasteiger partial charge in [-0.05, 0) is 69.8 Å². The molecule has 1 unspecified atom stereocenters. The van der Waals surface area contributed by atoms with Crippen molar-refractivity contribution in [2.24, 2.45) is 5.92 Å². The van der Waals surface area contributed by atoms with Gasteiger partial charge in [0.2, 0.25) is 0 Å². The maximum atomic E-state index is 4.75. The molecule has 0 aliphatic carbocycles. The van der Waals surface area contributed by atoms with E-state index in [2.05, 4.69) is 46.1 Å². The molecule has 1 atom stereocenters. The van der Waals surface area contributed by atoms with E-state index in [0.717, 1.165) is 24.2 Å². The molecule has 1 N–H and O–H groups in total. The van der Waals surface area contributed by atoms with E-state index in [1.165, 1.54) is 56.6 Å². The predicted molar refractivity (Wildman–Crippen MR) is 89.0 cm³/mol. The van der Waals surface area contributed by atoms with E-state index >= 15 is 0 Å². The number of pyridine rings is 1. The number of nitrogens with one attached hydrogen (secondary N) is 1. The monoisotopic (exact) mass is 298 g/mol. The molecule has 2 aliphatic rings. The van der Waals surface area contributed by atoms with Gasteiger partial charge in [-0.3, -0.25) is 4.90 Å². The molecular weight excluding hydrogens is 272 g/mol. The highest BCUT2D eigenvalue weighted by molar-refractivity contribution is 5.41. The van der Waals surface area contributed by atoms with E-state index in [9.17, 15) is 0 Å². The van der Waals surface area contributed by atoms with Crippen LogP contribution in [0.2, 0.25) is 0 Å². The first-order valence-corrected chi connectivity index (χ1v) is 8.68. The molecule has 0 saturated carbocycles. The van der Waals surface area contributed by atoms with Gasteiger partial charge in [-0.25, -0.2) is 4.98 Å². The topological polar surface area (TPSA) is 32.6 Å². The average molecular weight is 298 g/mol. The standard InChI is InChI=1S/C18H26N4/c1-14-4-5-18-20-16(13-22(18)11-14)12-21-9-6-15(7-10-21)17-3-2-8-19-17/h4-5,11,13,15,17,19H,2-3,6-10,12H2,1H3. The molecule has 2 fully saturated rings. The summed E-state index contributed by atoms with van der Waals surface area (Å²) in [5, 5.41) is 3.68. The summed E-state index contributed by atoms with van der Waals surface area (Å²) in [5.74, 6) is 0.891. The van der Waals surface area contributed by atoms with Gasteiger partial charge in [0, 0.05) is 25.0 Å². The highest BCUT2D eigenvalue weighted by Crippen LogP contribution is 2.26. The molecule has 2 saturated heterocycles. The zero-order valence-corrected chi connectivity index (χ0v) is 13.5. The van der Waals surface area contributed by atoms with E-state index in [1.807, 2.05) is 0 Å². The first kappa shape index (κ1) is 14.2. The highest BCUT2D eigenvalue weighted by Gasteiger charge is 2.28. The first-order chi connectivity index (χ1) is 10.8. The van der Waals surface area contributed by atoms with Crippen LogP contribution in [0.5, 0.6) is 0 Å². The number of hydrogen-bond donors (Lipinski definition) is 1. The second-order valence-electron chi connectivity index (χ2n) is 7.02. The molecule has 22 heavy (non-hydrogen) atoms. The summed E-state index contributed by atoms with van der Waals surface area (Å²) in [4.78, 5) is 7.32. The fraction of sp³-hybridized carbons (Fsp3) is 0.611. The minimum atomic E-state index is 0.792. The number of hydrogen-bond acceptors (Lipinski definition) is 3. The summed E-state index contributed by atoms with van der Waals surface area (Å²) in [6, 6.07) is 5.03. The van der Waals surface area contributed by atoms with Crippen molar-refractivity contribution in [3.63, 3.8) is 0 Å². The Morgan fingerprint density at radius 2 is 2.05 bits per heavy atom. The molecule has 2 aromatic heterocycles. The van der Waals surface area contributed by atoms with Gasteiger partial charge in [0.25, 0.3) is 0 Å². The van der Waals surface area contributed by atoms with Crippen molar-refractivity contribution in [2.45, 2.75) is 45.2 Å². The fourth-order valence-corrected chi connectivity index (χ4v) is 4.09. The van der Waals surface area contributed by atoms with E-state index in [0.29, 0.717) is 0 Å². The van der Waals surface area contributed by atoms with Crippen LogP contribution in [0.25, 0.3) is 5.65 Å². The highest BCUT2D eigenvalue weighted by atomic mass is 15.1. The summed E-state index contributed by atoms with van der Waals surface area (Å²) in [6.07, 6.45) is 9.77. The lowest BCUT2D eigenvalue weighted by atomic mass is 9.88. The Morgan fingerprint density at radius 3 is 2.82 bits per heavy atom. The molecule has 4 rings (SSSR count). The maximum Gasteiger partial charge on any atom is 0.137 e. The molecule has 4 nitrogen and oxygen atoms in total. The van der Waals surface area contributed by atoms with Crippen molar-refractivity contribution in [3.05, 3.63) is 35.8 Å². The van der Waals surface area contributed by atoms with Gasteiger partial charge in [-0.2, -0.15) is 0 Å². The third-order valence-electron chi connectivity index (χ3n) is 5.33. The number of aromatic nitrogens is 2. The molecule has 2 aliphatic heterocycles. The Morgan fingerprint density at radius 1 is 1.18 bits per heavy atom. The number of piperidine rings is 1. The van der Waals surface area contributed by atoms with Crippen LogP contribution >= 0.6 is 0 Å². The Balaban J connectivity index is 1.37. The number of fused-ring (bicyclic) bond motifs is 1. The van der Waals surface area contributed by atoms with Crippen LogP contribution in [0.1, 0.15) is 36.9 Å². The van der Waals surface area contributed by atoms with Crippen LogP contribution in [0, 0.1) is 12.8 Å². The Labute approximate surface area is 132 Å².